The molecule has 0 spiro atoms. The lowest BCUT2D eigenvalue weighted by molar-refractivity contribution is 0.317. The number of ether oxygens (including phenoxy) is 1. The van der Waals surface area contributed by atoms with Crippen molar-refractivity contribution >= 4 is 17.2 Å². The van der Waals surface area contributed by atoms with Crippen LogP contribution in [0, 0.1) is 0 Å². The van der Waals surface area contributed by atoms with E-state index in [9.17, 15) is 0 Å². The van der Waals surface area contributed by atoms with Gasteiger partial charge in [0.05, 0.1) is 12.6 Å². The second kappa shape index (κ2) is 7.24. The summed E-state index contributed by atoms with van der Waals surface area (Å²) >= 11 is 1.74. The van der Waals surface area contributed by atoms with Gasteiger partial charge in [-0.15, -0.1) is 11.3 Å². The van der Waals surface area contributed by atoms with E-state index >= 15 is 0 Å². The van der Waals surface area contributed by atoms with Crippen molar-refractivity contribution in [2.24, 2.45) is 0 Å². The Balaban J connectivity index is 2.08. The molecule has 0 aliphatic rings. The Morgan fingerprint density at radius 3 is 2.90 bits per heavy atom. The Kier molecular flexibility index (Phi) is 5.35. The Bertz CT molecular complexity index is 541. The van der Waals surface area contributed by atoms with Gasteiger partial charge in [0.25, 0.3) is 0 Å². The van der Waals surface area contributed by atoms with Crippen LogP contribution in [0.15, 0.2) is 24.5 Å². The molecule has 2 rings (SSSR count). The maximum absolute atomic E-state index is 5.71. The monoisotopic (exact) mass is 291 g/mol. The minimum absolute atomic E-state index is 0.124. The molecule has 0 amide bonds. The van der Waals surface area contributed by atoms with Crippen LogP contribution in [-0.2, 0) is 6.42 Å². The summed E-state index contributed by atoms with van der Waals surface area (Å²) in [6, 6.07) is 3.95. The van der Waals surface area contributed by atoms with Crippen molar-refractivity contribution in [3.8, 4) is 5.75 Å². The molecular formula is C15H21N3OS. The minimum atomic E-state index is 0.124. The highest BCUT2D eigenvalue weighted by Gasteiger charge is 2.13. The summed E-state index contributed by atoms with van der Waals surface area (Å²) in [4.78, 5) is 10.1. The van der Waals surface area contributed by atoms with E-state index in [2.05, 4.69) is 36.1 Å². The Morgan fingerprint density at radius 2 is 2.20 bits per heavy atom. The number of nitrogens with zero attached hydrogens (tertiary/aromatic N) is 2. The standard InChI is InChI=1S/C15H21N3OS/c1-4-9-19-13-7-6-8-16-14(13)18-11(3)15-17-10-12(5-2)20-15/h6-8,10-11H,4-5,9H2,1-3H3,(H,16,18). The minimum Gasteiger partial charge on any atom is -0.490 e. The Hall–Kier alpha value is -1.62. The normalized spacial score (nSPS) is 12.2. The van der Waals surface area contributed by atoms with Gasteiger partial charge in [-0.2, -0.15) is 0 Å². The van der Waals surface area contributed by atoms with E-state index in [-0.39, 0.29) is 6.04 Å². The van der Waals surface area contributed by atoms with Crippen molar-refractivity contribution < 1.29 is 4.74 Å². The number of anilines is 1. The summed E-state index contributed by atoms with van der Waals surface area (Å²) < 4.78 is 5.71. The summed E-state index contributed by atoms with van der Waals surface area (Å²) in [6.45, 7) is 7.03. The maximum atomic E-state index is 5.71. The van der Waals surface area contributed by atoms with E-state index in [1.54, 1.807) is 17.5 Å². The fraction of sp³-hybridized carbons (Fsp3) is 0.467. The van der Waals surface area contributed by atoms with Crippen LogP contribution < -0.4 is 10.1 Å². The molecule has 4 nitrogen and oxygen atoms in total. The second-order valence-electron chi connectivity index (χ2n) is 4.58. The first-order valence-corrected chi connectivity index (χ1v) is 7.85. The second-order valence-corrected chi connectivity index (χ2v) is 5.73. The van der Waals surface area contributed by atoms with E-state index in [1.165, 1.54) is 4.88 Å². The molecule has 0 bridgehead atoms. The van der Waals surface area contributed by atoms with Crippen molar-refractivity contribution in [2.75, 3.05) is 11.9 Å². The average Bonchev–Trinajstić information content (AvgIpc) is 2.95. The molecule has 0 aromatic carbocycles. The summed E-state index contributed by atoms with van der Waals surface area (Å²) in [5.41, 5.74) is 0. The predicted molar refractivity (Wildman–Crippen MR) is 83.6 cm³/mol. The molecule has 0 aliphatic carbocycles. The van der Waals surface area contributed by atoms with E-state index < -0.39 is 0 Å². The summed E-state index contributed by atoms with van der Waals surface area (Å²) in [7, 11) is 0. The van der Waals surface area contributed by atoms with Crippen LogP contribution in [0.25, 0.3) is 0 Å². The first-order valence-electron chi connectivity index (χ1n) is 7.03. The molecule has 0 aliphatic heterocycles. The van der Waals surface area contributed by atoms with Crippen LogP contribution in [0.3, 0.4) is 0 Å². The number of hydrogen-bond donors (Lipinski definition) is 1. The number of pyridine rings is 1. The highest BCUT2D eigenvalue weighted by molar-refractivity contribution is 7.11. The largest absolute Gasteiger partial charge is 0.490 e. The van der Waals surface area contributed by atoms with Crippen molar-refractivity contribution in [3.63, 3.8) is 0 Å². The zero-order valence-electron chi connectivity index (χ0n) is 12.2. The van der Waals surface area contributed by atoms with Crippen molar-refractivity contribution in [3.05, 3.63) is 34.4 Å². The van der Waals surface area contributed by atoms with Crippen LogP contribution in [-0.4, -0.2) is 16.6 Å². The van der Waals surface area contributed by atoms with E-state index in [0.29, 0.717) is 6.61 Å². The molecule has 5 heteroatoms. The van der Waals surface area contributed by atoms with Gasteiger partial charge in [0.1, 0.15) is 5.01 Å². The van der Waals surface area contributed by atoms with Gasteiger partial charge in [0.15, 0.2) is 11.6 Å². The van der Waals surface area contributed by atoms with Gasteiger partial charge in [0, 0.05) is 17.3 Å². The summed E-state index contributed by atoms with van der Waals surface area (Å²) in [5.74, 6) is 1.58. The van der Waals surface area contributed by atoms with Crippen LogP contribution in [0.2, 0.25) is 0 Å². The quantitative estimate of drug-likeness (QED) is 0.835. The zero-order chi connectivity index (χ0) is 14.4. The van der Waals surface area contributed by atoms with Gasteiger partial charge in [-0.1, -0.05) is 13.8 Å². The number of hydrogen-bond acceptors (Lipinski definition) is 5. The first kappa shape index (κ1) is 14.8. The third kappa shape index (κ3) is 3.70. The molecule has 20 heavy (non-hydrogen) atoms. The summed E-state index contributed by atoms with van der Waals surface area (Å²) in [5, 5.41) is 4.46. The first-order chi connectivity index (χ1) is 9.74. The highest BCUT2D eigenvalue weighted by Crippen LogP contribution is 2.28. The van der Waals surface area contributed by atoms with Crippen molar-refractivity contribution in [1.82, 2.24) is 9.97 Å². The van der Waals surface area contributed by atoms with E-state index in [1.807, 2.05) is 18.3 Å². The fourth-order valence-electron chi connectivity index (χ4n) is 1.78. The van der Waals surface area contributed by atoms with Crippen LogP contribution in [0.1, 0.15) is 43.1 Å². The molecule has 0 fully saturated rings. The van der Waals surface area contributed by atoms with E-state index in [0.717, 1.165) is 29.4 Å². The third-order valence-corrected chi connectivity index (χ3v) is 4.20. The molecule has 2 heterocycles. The molecule has 108 valence electrons. The topological polar surface area (TPSA) is 47.0 Å². The zero-order valence-corrected chi connectivity index (χ0v) is 13.0. The van der Waals surface area contributed by atoms with Crippen molar-refractivity contribution in [1.29, 1.82) is 0 Å². The number of aryl methyl sites for hydroxylation is 1. The van der Waals surface area contributed by atoms with Gasteiger partial charge >= 0.3 is 0 Å². The third-order valence-electron chi connectivity index (χ3n) is 2.88. The molecule has 1 N–H and O–H groups in total. The molecule has 1 unspecified atom stereocenters. The lowest BCUT2D eigenvalue weighted by atomic mass is 10.3. The molecular weight excluding hydrogens is 270 g/mol. The number of aromatic nitrogens is 2. The predicted octanol–water partition coefficient (Wildman–Crippen LogP) is 4.06. The van der Waals surface area contributed by atoms with E-state index in [4.69, 9.17) is 4.74 Å². The Labute approximate surface area is 124 Å². The van der Waals surface area contributed by atoms with Gasteiger partial charge in [-0.25, -0.2) is 9.97 Å². The average molecular weight is 291 g/mol. The Morgan fingerprint density at radius 1 is 1.35 bits per heavy atom. The van der Waals surface area contributed by atoms with Crippen LogP contribution >= 0.6 is 11.3 Å². The SMILES string of the molecule is CCCOc1cccnc1NC(C)c1ncc(CC)s1. The summed E-state index contributed by atoms with van der Waals surface area (Å²) in [6.07, 6.45) is 5.73. The fourth-order valence-corrected chi connectivity index (χ4v) is 2.64. The molecule has 2 aromatic heterocycles. The highest BCUT2D eigenvalue weighted by atomic mass is 32.1. The maximum Gasteiger partial charge on any atom is 0.169 e. The van der Waals surface area contributed by atoms with Gasteiger partial charge in [0.2, 0.25) is 0 Å². The number of nitrogens with one attached hydrogen (secondary N) is 1. The molecule has 0 radical (unpaired) electrons. The smallest absolute Gasteiger partial charge is 0.169 e. The lowest BCUT2D eigenvalue weighted by Crippen LogP contribution is -2.09. The number of thiazole rings is 1. The van der Waals surface area contributed by atoms with Gasteiger partial charge in [-0.3, -0.25) is 0 Å². The van der Waals surface area contributed by atoms with Gasteiger partial charge in [-0.05, 0) is 31.9 Å². The molecule has 0 saturated carbocycles. The number of rotatable bonds is 7. The molecule has 0 saturated heterocycles. The van der Waals surface area contributed by atoms with Crippen LogP contribution in [0.4, 0.5) is 5.82 Å². The van der Waals surface area contributed by atoms with Crippen molar-refractivity contribution in [2.45, 2.75) is 39.7 Å². The van der Waals surface area contributed by atoms with Gasteiger partial charge < -0.3 is 10.1 Å². The lowest BCUT2D eigenvalue weighted by Gasteiger charge is -2.15. The molecule has 1 atom stereocenters. The molecule has 2 aromatic rings. The van der Waals surface area contributed by atoms with Crippen LogP contribution in [0.5, 0.6) is 5.75 Å².